The molecule has 0 saturated carbocycles. The molecule has 1 radical (unpaired) electrons. The summed E-state index contributed by atoms with van der Waals surface area (Å²) in [6.07, 6.45) is 18.4. The quantitative estimate of drug-likeness (QED) is 0.392. The smallest absolute Gasteiger partial charge is 0.00958 e. The van der Waals surface area contributed by atoms with Gasteiger partial charge in [-0.15, -0.1) is 24.8 Å². The molecule has 0 spiro atoms. The van der Waals surface area contributed by atoms with E-state index in [-0.39, 0.29) is 24.8 Å². The Morgan fingerprint density at radius 3 is 1.76 bits per heavy atom. The van der Waals surface area contributed by atoms with Gasteiger partial charge in [-0.1, -0.05) is 71.1 Å². The summed E-state index contributed by atoms with van der Waals surface area (Å²) in [5.41, 5.74) is 0. The van der Waals surface area contributed by atoms with Crippen molar-refractivity contribution in [1.29, 1.82) is 0 Å². The van der Waals surface area contributed by atoms with Gasteiger partial charge in [-0.05, 0) is 39.3 Å². The van der Waals surface area contributed by atoms with Crippen LogP contribution in [0.1, 0.15) is 90.4 Å². The molecule has 1 aliphatic rings. The van der Waals surface area contributed by atoms with Gasteiger partial charge in [-0.25, -0.2) is 0 Å². The first-order chi connectivity index (χ1) is 9.34. The molecule has 3 heteroatoms. The van der Waals surface area contributed by atoms with Crippen LogP contribution >= 0.6 is 24.8 Å². The number of hydrogen-bond acceptors (Lipinski definition) is 1. The van der Waals surface area contributed by atoms with Crippen LogP contribution in [0.15, 0.2) is 0 Å². The van der Waals surface area contributed by atoms with Crippen molar-refractivity contribution < 1.29 is 0 Å². The molecule has 1 nitrogen and oxygen atoms in total. The molecule has 0 amide bonds. The maximum Gasteiger partial charge on any atom is 0.00958 e. The lowest BCUT2D eigenvalue weighted by Crippen LogP contribution is -2.37. The van der Waals surface area contributed by atoms with Crippen LogP contribution in [0.25, 0.3) is 0 Å². The maximum absolute atomic E-state index is 4.36. The van der Waals surface area contributed by atoms with E-state index in [1.54, 1.807) is 0 Å². The molecule has 1 aliphatic heterocycles. The predicted molar refractivity (Wildman–Crippen MR) is 101 cm³/mol. The van der Waals surface area contributed by atoms with Gasteiger partial charge in [0, 0.05) is 6.04 Å². The van der Waals surface area contributed by atoms with E-state index in [4.69, 9.17) is 0 Å². The van der Waals surface area contributed by atoms with Gasteiger partial charge in [0.2, 0.25) is 0 Å². The van der Waals surface area contributed by atoms with E-state index in [0.717, 1.165) is 0 Å². The molecule has 0 aromatic rings. The van der Waals surface area contributed by atoms with Crippen molar-refractivity contribution in [2.24, 2.45) is 0 Å². The molecule has 1 atom stereocenters. The van der Waals surface area contributed by atoms with Crippen molar-refractivity contribution in [1.82, 2.24) is 4.90 Å². The van der Waals surface area contributed by atoms with Crippen LogP contribution in [-0.2, 0) is 0 Å². The van der Waals surface area contributed by atoms with Crippen molar-refractivity contribution >= 4 is 24.8 Å². The fraction of sp³-hybridized carbons (Fsp3) is 0.944. The molecular formula is C18H38Cl2N. The lowest BCUT2D eigenvalue weighted by Gasteiger charge is -2.32. The van der Waals surface area contributed by atoms with Crippen molar-refractivity contribution in [3.8, 4) is 0 Å². The van der Waals surface area contributed by atoms with Crippen molar-refractivity contribution in [3.05, 3.63) is 6.92 Å². The van der Waals surface area contributed by atoms with Crippen LogP contribution in [0.4, 0.5) is 0 Å². The topological polar surface area (TPSA) is 3.24 Å². The molecule has 1 unspecified atom stereocenters. The Labute approximate surface area is 146 Å². The maximum atomic E-state index is 4.36. The zero-order valence-electron chi connectivity index (χ0n) is 14.2. The lowest BCUT2D eigenvalue weighted by molar-refractivity contribution is 0.179. The van der Waals surface area contributed by atoms with E-state index in [2.05, 4.69) is 18.7 Å². The highest BCUT2D eigenvalue weighted by Crippen LogP contribution is 2.17. The first kappa shape index (κ1) is 23.8. The van der Waals surface area contributed by atoms with E-state index >= 15 is 0 Å². The van der Waals surface area contributed by atoms with Crippen molar-refractivity contribution in [2.45, 2.75) is 96.4 Å². The molecule has 0 aliphatic carbocycles. The zero-order valence-corrected chi connectivity index (χ0v) is 15.8. The molecule has 21 heavy (non-hydrogen) atoms. The van der Waals surface area contributed by atoms with Gasteiger partial charge in [-0.2, -0.15) is 0 Å². The van der Waals surface area contributed by atoms with Gasteiger partial charge in [0.05, 0.1) is 0 Å². The first-order valence-electron chi connectivity index (χ1n) is 8.91. The minimum Gasteiger partial charge on any atom is -0.300 e. The monoisotopic (exact) mass is 338 g/mol. The molecule has 1 saturated heterocycles. The Kier molecular flexibility index (Phi) is 19.2. The Morgan fingerprint density at radius 1 is 0.762 bits per heavy atom. The fourth-order valence-electron chi connectivity index (χ4n) is 3.16. The summed E-state index contributed by atoms with van der Waals surface area (Å²) in [5.74, 6) is 0. The van der Waals surface area contributed by atoms with E-state index in [1.807, 2.05) is 0 Å². The van der Waals surface area contributed by atoms with E-state index in [0.29, 0.717) is 6.04 Å². The van der Waals surface area contributed by atoms with E-state index in [1.165, 1.54) is 96.6 Å². The highest BCUT2D eigenvalue weighted by atomic mass is 35.5. The molecule has 0 N–H and O–H groups in total. The average molecular weight is 339 g/mol. The van der Waals surface area contributed by atoms with E-state index < -0.39 is 0 Å². The largest absolute Gasteiger partial charge is 0.300 e. The van der Waals surface area contributed by atoms with Gasteiger partial charge in [0.25, 0.3) is 0 Å². The third kappa shape index (κ3) is 12.7. The summed E-state index contributed by atoms with van der Waals surface area (Å²) < 4.78 is 0. The second-order valence-electron chi connectivity index (χ2n) is 6.37. The summed E-state index contributed by atoms with van der Waals surface area (Å²) in [6.45, 7) is 9.24. The zero-order chi connectivity index (χ0) is 13.8. The van der Waals surface area contributed by atoms with Crippen molar-refractivity contribution in [3.63, 3.8) is 0 Å². The summed E-state index contributed by atoms with van der Waals surface area (Å²) in [7, 11) is 0. The minimum atomic E-state index is 0. The standard InChI is InChI=1S/C18H36N.2ClH/c1-3-4-5-6-7-8-9-10-12-15-18(2)19-16-13-11-14-17-19;;/h18H,2-17H2,1H3;2*1H. The Balaban J connectivity index is 0. The Morgan fingerprint density at radius 2 is 1.24 bits per heavy atom. The molecular weight excluding hydrogens is 301 g/mol. The third-order valence-corrected chi connectivity index (χ3v) is 4.55. The Hall–Kier alpha value is 0.540. The van der Waals surface area contributed by atoms with Gasteiger partial charge in [0.15, 0.2) is 0 Å². The molecule has 0 aromatic carbocycles. The second-order valence-corrected chi connectivity index (χ2v) is 6.37. The molecule has 1 rings (SSSR count). The Bertz CT molecular complexity index is 194. The molecule has 129 valence electrons. The predicted octanol–water partition coefficient (Wildman–Crippen LogP) is 6.44. The summed E-state index contributed by atoms with van der Waals surface area (Å²) in [5, 5.41) is 0. The number of likely N-dealkylation sites (tertiary alicyclic amines) is 1. The number of piperidine rings is 1. The van der Waals surface area contributed by atoms with Crippen LogP contribution in [0, 0.1) is 6.92 Å². The van der Waals surface area contributed by atoms with Crippen molar-refractivity contribution in [2.75, 3.05) is 13.1 Å². The number of halogens is 2. The minimum absolute atomic E-state index is 0. The highest BCUT2D eigenvalue weighted by molar-refractivity contribution is 5.85. The first-order valence-corrected chi connectivity index (χ1v) is 8.91. The summed E-state index contributed by atoms with van der Waals surface area (Å²) >= 11 is 0. The van der Waals surface area contributed by atoms with Crippen LogP contribution in [0.5, 0.6) is 0 Å². The molecule has 0 aromatic heterocycles. The van der Waals surface area contributed by atoms with Crippen LogP contribution < -0.4 is 0 Å². The third-order valence-electron chi connectivity index (χ3n) is 4.55. The lowest BCUT2D eigenvalue weighted by atomic mass is 10.0. The molecule has 1 fully saturated rings. The van der Waals surface area contributed by atoms with Crippen LogP contribution in [0.2, 0.25) is 0 Å². The average Bonchev–Trinajstić information content (AvgIpc) is 2.46. The van der Waals surface area contributed by atoms with Gasteiger partial charge in [-0.3, -0.25) is 0 Å². The number of nitrogens with zero attached hydrogens (tertiary/aromatic N) is 1. The molecule has 0 bridgehead atoms. The number of hydrogen-bond donors (Lipinski definition) is 0. The van der Waals surface area contributed by atoms with Gasteiger partial charge < -0.3 is 4.90 Å². The number of rotatable bonds is 11. The number of unbranched alkanes of at least 4 members (excludes halogenated alkanes) is 8. The summed E-state index contributed by atoms with van der Waals surface area (Å²) in [4.78, 5) is 2.61. The van der Waals surface area contributed by atoms with E-state index in [9.17, 15) is 0 Å². The van der Waals surface area contributed by atoms with Crippen LogP contribution in [0.3, 0.4) is 0 Å². The fourth-order valence-corrected chi connectivity index (χ4v) is 3.16. The SMILES string of the molecule is Cl.Cl.[CH2]C(CCCCCCCCCCC)N1CCCCC1. The summed E-state index contributed by atoms with van der Waals surface area (Å²) in [6, 6.07) is 0.588. The second kappa shape index (κ2) is 16.9. The molecule has 1 heterocycles. The van der Waals surface area contributed by atoms with Crippen LogP contribution in [-0.4, -0.2) is 24.0 Å². The highest BCUT2D eigenvalue weighted by Gasteiger charge is 2.15. The normalized spacial score (nSPS) is 16.9. The van der Waals surface area contributed by atoms with Gasteiger partial charge in [0.1, 0.15) is 0 Å². The van der Waals surface area contributed by atoms with Gasteiger partial charge >= 0.3 is 0 Å².